The van der Waals surface area contributed by atoms with E-state index in [0.29, 0.717) is 11.7 Å². The van der Waals surface area contributed by atoms with E-state index in [9.17, 15) is 13.2 Å². The molecule has 2 rings (SSSR count). The summed E-state index contributed by atoms with van der Waals surface area (Å²) in [6.07, 6.45) is 7.99. The molecule has 0 radical (unpaired) electrons. The molecular weight excluding hydrogens is 350 g/mol. The summed E-state index contributed by atoms with van der Waals surface area (Å²) in [5.74, 6) is -0.109. The lowest BCUT2D eigenvalue weighted by atomic mass is 10.1. The summed E-state index contributed by atoms with van der Waals surface area (Å²) < 4.78 is 27.1. The first-order valence-electron chi connectivity index (χ1n) is 9.56. The SMILES string of the molecule is CCC(C)NS(=O)(=O)c1ccc(NC(=O)CNC2CCCCCC2)cc1. The number of amides is 1. The van der Waals surface area contributed by atoms with Crippen molar-refractivity contribution in [3.8, 4) is 0 Å². The predicted octanol–water partition coefficient (Wildman–Crippen LogP) is 3.01. The standard InChI is InChI=1S/C19H31N3O3S/c1-3-15(2)22-26(24,25)18-12-10-17(11-13-18)21-19(23)14-20-16-8-6-4-5-7-9-16/h10-13,15-16,20,22H,3-9,14H2,1-2H3,(H,21,23). The van der Waals surface area contributed by atoms with Gasteiger partial charge in [0.05, 0.1) is 11.4 Å². The van der Waals surface area contributed by atoms with Gasteiger partial charge < -0.3 is 10.6 Å². The molecule has 1 aromatic carbocycles. The first kappa shape index (κ1) is 20.9. The fraction of sp³-hybridized carbons (Fsp3) is 0.632. The van der Waals surface area contributed by atoms with Crippen LogP contribution in [0.15, 0.2) is 29.2 Å². The Kier molecular flexibility index (Phi) is 8.06. The molecule has 1 aliphatic rings. The lowest BCUT2D eigenvalue weighted by Crippen LogP contribution is -2.35. The van der Waals surface area contributed by atoms with Crippen LogP contribution >= 0.6 is 0 Å². The fourth-order valence-electron chi connectivity index (χ4n) is 3.06. The lowest BCUT2D eigenvalue weighted by molar-refractivity contribution is -0.115. The van der Waals surface area contributed by atoms with Crippen LogP contribution < -0.4 is 15.4 Å². The molecule has 1 fully saturated rings. The molecule has 0 aliphatic heterocycles. The molecule has 0 bridgehead atoms. The number of hydrogen-bond donors (Lipinski definition) is 3. The number of nitrogens with one attached hydrogen (secondary N) is 3. The molecule has 1 aliphatic carbocycles. The first-order chi connectivity index (χ1) is 12.4. The molecule has 0 spiro atoms. The van der Waals surface area contributed by atoms with Crippen molar-refractivity contribution in [2.24, 2.45) is 0 Å². The van der Waals surface area contributed by atoms with Gasteiger partial charge in [0.2, 0.25) is 15.9 Å². The van der Waals surface area contributed by atoms with E-state index in [2.05, 4.69) is 15.4 Å². The van der Waals surface area contributed by atoms with E-state index >= 15 is 0 Å². The second-order valence-corrected chi connectivity index (χ2v) is 8.79. The van der Waals surface area contributed by atoms with Gasteiger partial charge >= 0.3 is 0 Å². The fourth-order valence-corrected chi connectivity index (χ4v) is 4.39. The Balaban J connectivity index is 1.85. The number of carbonyl (C=O) groups is 1. The van der Waals surface area contributed by atoms with Crippen LogP contribution in [0, 0.1) is 0 Å². The molecule has 146 valence electrons. The van der Waals surface area contributed by atoms with Crippen molar-refractivity contribution in [3.63, 3.8) is 0 Å². The van der Waals surface area contributed by atoms with Gasteiger partial charge in [-0.25, -0.2) is 13.1 Å². The number of rotatable bonds is 8. The van der Waals surface area contributed by atoms with E-state index in [-0.39, 0.29) is 23.4 Å². The molecule has 1 amide bonds. The predicted molar refractivity (Wildman–Crippen MR) is 105 cm³/mol. The maximum Gasteiger partial charge on any atom is 0.240 e. The van der Waals surface area contributed by atoms with Crippen LogP contribution in [-0.4, -0.2) is 33.0 Å². The Hall–Kier alpha value is -1.44. The minimum Gasteiger partial charge on any atom is -0.325 e. The van der Waals surface area contributed by atoms with E-state index < -0.39 is 10.0 Å². The summed E-state index contributed by atoms with van der Waals surface area (Å²) in [7, 11) is -3.52. The Morgan fingerprint density at radius 2 is 1.73 bits per heavy atom. The van der Waals surface area contributed by atoms with Crippen molar-refractivity contribution >= 4 is 21.6 Å². The van der Waals surface area contributed by atoms with Crippen LogP contribution in [-0.2, 0) is 14.8 Å². The molecular formula is C19H31N3O3S. The number of benzene rings is 1. The van der Waals surface area contributed by atoms with Gasteiger partial charge in [0.15, 0.2) is 0 Å². The van der Waals surface area contributed by atoms with Crippen LogP contribution in [0.3, 0.4) is 0 Å². The minimum absolute atomic E-state index is 0.109. The number of anilines is 1. The summed E-state index contributed by atoms with van der Waals surface area (Å²) in [5.41, 5.74) is 0.597. The smallest absolute Gasteiger partial charge is 0.240 e. The van der Waals surface area contributed by atoms with Crippen molar-refractivity contribution in [1.82, 2.24) is 10.0 Å². The topological polar surface area (TPSA) is 87.3 Å². The number of sulfonamides is 1. The van der Waals surface area contributed by atoms with Crippen molar-refractivity contribution in [2.75, 3.05) is 11.9 Å². The molecule has 1 unspecified atom stereocenters. The summed E-state index contributed by atoms with van der Waals surface area (Å²) in [4.78, 5) is 12.3. The van der Waals surface area contributed by atoms with E-state index in [1.165, 1.54) is 37.8 Å². The molecule has 0 heterocycles. The lowest BCUT2D eigenvalue weighted by Gasteiger charge is -2.16. The average molecular weight is 382 g/mol. The highest BCUT2D eigenvalue weighted by atomic mass is 32.2. The summed E-state index contributed by atoms with van der Waals surface area (Å²) in [6.45, 7) is 4.03. The first-order valence-corrected chi connectivity index (χ1v) is 11.0. The largest absolute Gasteiger partial charge is 0.325 e. The van der Waals surface area contributed by atoms with Gasteiger partial charge in [-0.15, -0.1) is 0 Å². The second kappa shape index (κ2) is 10.0. The summed E-state index contributed by atoms with van der Waals surface area (Å²) >= 11 is 0. The Bertz CT molecular complexity index is 666. The zero-order valence-corrected chi connectivity index (χ0v) is 16.6. The summed E-state index contributed by atoms with van der Waals surface area (Å²) in [5, 5.41) is 6.14. The van der Waals surface area contributed by atoms with E-state index in [1.54, 1.807) is 12.1 Å². The van der Waals surface area contributed by atoms with Gasteiger partial charge in [0.25, 0.3) is 0 Å². The van der Waals surface area contributed by atoms with Crippen LogP contribution in [0.1, 0.15) is 58.8 Å². The van der Waals surface area contributed by atoms with E-state index in [0.717, 1.165) is 19.3 Å². The zero-order chi connectivity index (χ0) is 19.0. The van der Waals surface area contributed by atoms with Gasteiger partial charge in [0.1, 0.15) is 0 Å². The number of hydrogen-bond acceptors (Lipinski definition) is 4. The molecule has 6 nitrogen and oxygen atoms in total. The quantitative estimate of drug-likeness (QED) is 0.604. The molecule has 0 aromatic heterocycles. The van der Waals surface area contributed by atoms with Gasteiger partial charge in [0, 0.05) is 17.8 Å². The van der Waals surface area contributed by atoms with Crippen molar-refractivity contribution < 1.29 is 13.2 Å². The van der Waals surface area contributed by atoms with Crippen LogP contribution in [0.4, 0.5) is 5.69 Å². The molecule has 1 saturated carbocycles. The summed E-state index contributed by atoms with van der Waals surface area (Å²) in [6, 6.07) is 6.57. The van der Waals surface area contributed by atoms with Gasteiger partial charge in [-0.05, 0) is 50.5 Å². The Labute approximate surface area is 157 Å². The molecule has 3 N–H and O–H groups in total. The molecule has 1 atom stereocenters. The normalized spacial score (nSPS) is 17.5. The van der Waals surface area contributed by atoms with Crippen LogP contribution in [0.25, 0.3) is 0 Å². The monoisotopic (exact) mass is 381 g/mol. The molecule has 7 heteroatoms. The highest BCUT2D eigenvalue weighted by Gasteiger charge is 2.17. The van der Waals surface area contributed by atoms with Gasteiger partial charge in [-0.3, -0.25) is 4.79 Å². The molecule has 1 aromatic rings. The van der Waals surface area contributed by atoms with E-state index in [4.69, 9.17) is 0 Å². The van der Waals surface area contributed by atoms with Gasteiger partial charge in [-0.1, -0.05) is 32.6 Å². The molecule has 0 saturated heterocycles. The number of carbonyl (C=O) groups excluding carboxylic acids is 1. The Morgan fingerprint density at radius 1 is 1.12 bits per heavy atom. The molecule has 26 heavy (non-hydrogen) atoms. The van der Waals surface area contributed by atoms with Crippen LogP contribution in [0.5, 0.6) is 0 Å². The third-order valence-corrected chi connectivity index (χ3v) is 6.43. The second-order valence-electron chi connectivity index (χ2n) is 7.07. The highest BCUT2D eigenvalue weighted by Crippen LogP contribution is 2.17. The average Bonchev–Trinajstić information content (AvgIpc) is 2.89. The maximum atomic E-state index is 12.2. The van der Waals surface area contributed by atoms with E-state index in [1.807, 2.05) is 13.8 Å². The third kappa shape index (κ3) is 6.70. The van der Waals surface area contributed by atoms with Crippen LogP contribution in [0.2, 0.25) is 0 Å². The van der Waals surface area contributed by atoms with Crippen molar-refractivity contribution in [1.29, 1.82) is 0 Å². The van der Waals surface area contributed by atoms with Crippen molar-refractivity contribution in [3.05, 3.63) is 24.3 Å². The third-order valence-electron chi connectivity index (χ3n) is 4.82. The zero-order valence-electron chi connectivity index (χ0n) is 15.8. The van der Waals surface area contributed by atoms with Gasteiger partial charge in [-0.2, -0.15) is 0 Å². The Morgan fingerprint density at radius 3 is 2.31 bits per heavy atom. The van der Waals surface area contributed by atoms with Crippen molar-refractivity contribution in [2.45, 2.75) is 75.8 Å². The minimum atomic E-state index is -3.52. The maximum absolute atomic E-state index is 12.2. The highest BCUT2D eigenvalue weighted by molar-refractivity contribution is 7.89.